The van der Waals surface area contributed by atoms with Crippen molar-refractivity contribution in [1.82, 2.24) is 5.32 Å². The van der Waals surface area contributed by atoms with Crippen LogP contribution in [0.1, 0.15) is 43.0 Å². The van der Waals surface area contributed by atoms with Gasteiger partial charge in [0.05, 0.1) is 12.1 Å². The zero-order valence-corrected chi connectivity index (χ0v) is 13.9. The van der Waals surface area contributed by atoms with E-state index in [-0.39, 0.29) is 0 Å². The molecule has 0 radical (unpaired) electrons. The Labute approximate surface area is 125 Å². The van der Waals surface area contributed by atoms with Crippen LogP contribution in [0.25, 0.3) is 0 Å². The minimum atomic E-state index is 0.291. The summed E-state index contributed by atoms with van der Waals surface area (Å²) in [5.74, 6) is 0.618. The maximum atomic E-state index is 5.99. The number of hydrogen-bond donors (Lipinski definition) is 1. The monoisotopic (exact) mass is 325 g/mol. The molecule has 1 aromatic carbocycles. The standard InChI is InChI=1S/C16H24BrNO/c1-5-18-15(16-10(2)6-7-19-16)13-8-12(4)14(17)9-11(13)3/h8-10,15-16,18H,5-7H2,1-4H3. The Morgan fingerprint density at radius 2 is 2.11 bits per heavy atom. The quantitative estimate of drug-likeness (QED) is 0.898. The van der Waals surface area contributed by atoms with Gasteiger partial charge in [-0.05, 0) is 55.5 Å². The zero-order chi connectivity index (χ0) is 14.0. The van der Waals surface area contributed by atoms with Gasteiger partial charge in [-0.25, -0.2) is 0 Å². The molecule has 3 heteroatoms. The van der Waals surface area contributed by atoms with E-state index in [0.29, 0.717) is 18.1 Å². The number of benzene rings is 1. The molecule has 3 unspecified atom stereocenters. The first-order valence-corrected chi connectivity index (χ1v) is 7.95. The van der Waals surface area contributed by atoms with Crippen LogP contribution in [-0.4, -0.2) is 19.3 Å². The fourth-order valence-electron chi connectivity index (χ4n) is 2.90. The van der Waals surface area contributed by atoms with Crippen molar-refractivity contribution in [3.05, 3.63) is 33.3 Å². The summed E-state index contributed by atoms with van der Waals surface area (Å²) >= 11 is 3.61. The first kappa shape index (κ1) is 15.0. The van der Waals surface area contributed by atoms with Crippen molar-refractivity contribution in [2.24, 2.45) is 5.92 Å². The lowest BCUT2D eigenvalue weighted by molar-refractivity contribution is 0.0610. The largest absolute Gasteiger partial charge is 0.376 e. The van der Waals surface area contributed by atoms with E-state index in [2.05, 4.69) is 61.1 Å². The van der Waals surface area contributed by atoms with Crippen molar-refractivity contribution < 1.29 is 4.74 Å². The summed E-state index contributed by atoms with van der Waals surface area (Å²) in [6, 6.07) is 4.81. The highest BCUT2D eigenvalue weighted by atomic mass is 79.9. The minimum absolute atomic E-state index is 0.291. The average molecular weight is 326 g/mol. The molecule has 1 aliphatic rings. The number of nitrogens with one attached hydrogen (secondary N) is 1. The predicted molar refractivity (Wildman–Crippen MR) is 83.6 cm³/mol. The van der Waals surface area contributed by atoms with Crippen LogP contribution in [0.4, 0.5) is 0 Å². The highest BCUT2D eigenvalue weighted by molar-refractivity contribution is 9.10. The van der Waals surface area contributed by atoms with Gasteiger partial charge in [0.2, 0.25) is 0 Å². The highest BCUT2D eigenvalue weighted by Gasteiger charge is 2.33. The van der Waals surface area contributed by atoms with Crippen LogP contribution in [0.3, 0.4) is 0 Å². The lowest BCUT2D eigenvalue weighted by atomic mass is 9.89. The van der Waals surface area contributed by atoms with E-state index in [1.807, 2.05) is 0 Å². The second kappa shape index (κ2) is 6.38. The minimum Gasteiger partial charge on any atom is -0.376 e. The number of halogens is 1. The van der Waals surface area contributed by atoms with Gasteiger partial charge in [-0.1, -0.05) is 35.8 Å². The lowest BCUT2D eigenvalue weighted by Gasteiger charge is -2.29. The Hall–Kier alpha value is -0.380. The van der Waals surface area contributed by atoms with Gasteiger partial charge in [0.15, 0.2) is 0 Å². The molecule has 0 aromatic heterocycles. The summed E-state index contributed by atoms with van der Waals surface area (Å²) in [7, 11) is 0. The van der Waals surface area contributed by atoms with Gasteiger partial charge >= 0.3 is 0 Å². The van der Waals surface area contributed by atoms with E-state index in [0.717, 1.165) is 13.2 Å². The normalized spacial score (nSPS) is 24.7. The van der Waals surface area contributed by atoms with Crippen molar-refractivity contribution in [3.8, 4) is 0 Å². The van der Waals surface area contributed by atoms with Gasteiger partial charge in [0.1, 0.15) is 0 Å². The van der Waals surface area contributed by atoms with Gasteiger partial charge in [-0.2, -0.15) is 0 Å². The van der Waals surface area contributed by atoms with Crippen LogP contribution in [0.2, 0.25) is 0 Å². The van der Waals surface area contributed by atoms with Crippen molar-refractivity contribution in [2.45, 2.75) is 46.3 Å². The summed E-state index contributed by atoms with van der Waals surface area (Å²) in [5, 5.41) is 3.62. The molecular formula is C16H24BrNO. The molecule has 3 atom stereocenters. The number of likely N-dealkylation sites (N-methyl/N-ethyl adjacent to an activating group) is 1. The van der Waals surface area contributed by atoms with Gasteiger partial charge in [0, 0.05) is 11.1 Å². The second-order valence-electron chi connectivity index (χ2n) is 5.59. The van der Waals surface area contributed by atoms with Crippen LogP contribution in [0, 0.1) is 19.8 Å². The first-order chi connectivity index (χ1) is 9.04. The Morgan fingerprint density at radius 3 is 2.68 bits per heavy atom. The van der Waals surface area contributed by atoms with Crippen molar-refractivity contribution in [2.75, 3.05) is 13.2 Å². The highest BCUT2D eigenvalue weighted by Crippen LogP contribution is 2.34. The smallest absolute Gasteiger partial charge is 0.0796 e. The van der Waals surface area contributed by atoms with Gasteiger partial charge in [-0.3, -0.25) is 0 Å². The van der Waals surface area contributed by atoms with Crippen molar-refractivity contribution >= 4 is 15.9 Å². The second-order valence-corrected chi connectivity index (χ2v) is 6.45. The Kier molecular flexibility index (Phi) is 5.04. The molecule has 2 rings (SSSR count). The lowest BCUT2D eigenvalue weighted by Crippen LogP contribution is -2.35. The third-order valence-corrected chi connectivity index (χ3v) is 4.93. The van der Waals surface area contributed by atoms with E-state index in [1.54, 1.807) is 0 Å². The van der Waals surface area contributed by atoms with Crippen LogP contribution in [0.15, 0.2) is 16.6 Å². The summed E-state index contributed by atoms with van der Waals surface area (Å²) in [4.78, 5) is 0. The van der Waals surface area contributed by atoms with Gasteiger partial charge in [-0.15, -0.1) is 0 Å². The Morgan fingerprint density at radius 1 is 1.37 bits per heavy atom. The number of aryl methyl sites for hydroxylation is 2. The van der Waals surface area contributed by atoms with Gasteiger partial charge in [0.25, 0.3) is 0 Å². The molecule has 0 amide bonds. The van der Waals surface area contributed by atoms with E-state index in [1.165, 1.54) is 27.6 Å². The fraction of sp³-hybridized carbons (Fsp3) is 0.625. The van der Waals surface area contributed by atoms with E-state index < -0.39 is 0 Å². The van der Waals surface area contributed by atoms with E-state index in [4.69, 9.17) is 4.74 Å². The Balaban J connectivity index is 2.35. The van der Waals surface area contributed by atoms with E-state index >= 15 is 0 Å². The molecule has 0 bridgehead atoms. The zero-order valence-electron chi connectivity index (χ0n) is 12.3. The van der Waals surface area contributed by atoms with Crippen LogP contribution in [0.5, 0.6) is 0 Å². The molecule has 0 aliphatic carbocycles. The molecule has 19 heavy (non-hydrogen) atoms. The molecule has 1 saturated heterocycles. The molecule has 106 valence electrons. The summed E-state index contributed by atoms with van der Waals surface area (Å²) in [6.45, 7) is 10.6. The topological polar surface area (TPSA) is 21.3 Å². The molecule has 1 aliphatic heterocycles. The number of hydrogen-bond acceptors (Lipinski definition) is 2. The molecule has 2 nitrogen and oxygen atoms in total. The van der Waals surface area contributed by atoms with Crippen LogP contribution < -0.4 is 5.32 Å². The van der Waals surface area contributed by atoms with Gasteiger partial charge < -0.3 is 10.1 Å². The number of rotatable bonds is 4. The molecular weight excluding hydrogens is 302 g/mol. The fourth-order valence-corrected chi connectivity index (χ4v) is 3.36. The van der Waals surface area contributed by atoms with Crippen LogP contribution >= 0.6 is 15.9 Å². The maximum absolute atomic E-state index is 5.99. The Bertz CT molecular complexity index is 447. The third-order valence-electron chi connectivity index (χ3n) is 4.08. The average Bonchev–Trinajstić information content (AvgIpc) is 2.77. The van der Waals surface area contributed by atoms with Crippen molar-refractivity contribution in [1.29, 1.82) is 0 Å². The molecule has 0 spiro atoms. The third kappa shape index (κ3) is 3.21. The van der Waals surface area contributed by atoms with Crippen molar-refractivity contribution in [3.63, 3.8) is 0 Å². The molecule has 0 saturated carbocycles. The summed E-state index contributed by atoms with van der Waals surface area (Å²) in [6.07, 6.45) is 1.46. The maximum Gasteiger partial charge on any atom is 0.0796 e. The summed E-state index contributed by atoms with van der Waals surface area (Å²) in [5.41, 5.74) is 3.99. The molecule has 1 heterocycles. The molecule has 1 aromatic rings. The molecule has 1 N–H and O–H groups in total. The molecule has 1 fully saturated rings. The SMILES string of the molecule is CCNC(c1cc(C)c(Br)cc1C)C1OCCC1C. The first-order valence-electron chi connectivity index (χ1n) is 7.16. The van der Waals surface area contributed by atoms with E-state index in [9.17, 15) is 0 Å². The number of ether oxygens (including phenoxy) is 1. The predicted octanol–water partition coefficient (Wildman–Crippen LogP) is 4.14. The van der Waals surface area contributed by atoms with Crippen LogP contribution in [-0.2, 0) is 4.74 Å². The summed E-state index contributed by atoms with van der Waals surface area (Å²) < 4.78 is 7.17.